The first-order chi connectivity index (χ1) is 8.01. The van der Waals surface area contributed by atoms with E-state index < -0.39 is 0 Å². The predicted octanol–water partition coefficient (Wildman–Crippen LogP) is 1.26. The fourth-order valence-corrected chi connectivity index (χ4v) is 1.74. The van der Waals surface area contributed by atoms with Crippen LogP contribution in [0.2, 0.25) is 0 Å². The molecule has 1 rings (SSSR count). The van der Waals surface area contributed by atoms with Gasteiger partial charge in [0.15, 0.2) is 5.96 Å². The fourth-order valence-electron chi connectivity index (χ4n) is 1.74. The lowest BCUT2D eigenvalue weighted by atomic mass is 10.1. The van der Waals surface area contributed by atoms with Crippen molar-refractivity contribution in [3.8, 4) is 0 Å². The molecule has 0 aromatic rings. The van der Waals surface area contributed by atoms with Crippen molar-refractivity contribution in [2.45, 2.75) is 45.2 Å². The Labute approximate surface area is 105 Å². The average Bonchev–Trinajstić information content (AvgIpc) is 2.73. The first-order valence-corrected chi connectivity index (χ1v) is 6.38. The Kier molecular flexibility index (Phi) is 5.48. The average molecular weight is 238 g/mol. The minimum Gasteiger partial charge on any atom is -0.355 e. The molecule has 17 heavy (non-hydrogen) atoms. The van der Waals surface area contributed by atoms with Crippen LogP contribution in [0.3, 0.4) is 0 Å². The number of rotatable bonds is 4. The normalized spacial score (nSPS) is 17.5. The Morgan fingerprint density at radius 1 is 1.24 bits per heavy atom. The van der Waals surface area contributed by atoms with Gasteiger partial charge >= 0.3 is 0 Å². The zero-order valence-corrected chi connectivity index (χ0v) is 11.5. The molecule has 0 aromatic carbocycles. The third-order valence-electron chi connectivity index (χ3n) is 2.65. The van der Waals surface area contributed by atoms with E-state index in [1.807, 2.05) is 7.05 Å². The van der Waals surface area contributed by atoms with Crippen molar-refractivity contribution in [3.05, 3.63) is 12.2 Å². The van der Waals surface area contributed by atoms with Crippen LogP contribution in [0.25, 0.3) is 0 Å². The third-order valence-corrected chi connectivity index (χ3v) is 2.65. The van der Waals surface area contributed by atoms with Gasteiger partial charge in [0, 0.05) is 31.7 Å². The van der Waals surface area contributed by atoms with E-state index in [2.05, 4.69) is 53.9 Å². The molecule has 1 aliphatic rings. The standard InChI is InChI=1S/C13H26N4/c1-13(2,3)16-10-9-15-12(14-4)17-11-7-5-6-8-11/h5-6,11,16H,7-10H2,1-4H3,(H2,14,15,17). The Morgan fingerprint density at radius 2 is 1.88 bits per heavy atom. The molecule has 0 amide bonds. The van der Waals surface area contributed by atoms with Crippen LogP contribution in [-0.2, 0) is 0 Å². The monoisotopic (exact) mass is 238 g/mol. The molecule has 3 N–H and O–H groups in total. The lowest BCUT2D eigenvalue weighted by molar-refractivity contribution is 0.428. The summed E-state index contributed by atoms with van der Waals surface area (Å²) >= 11 is 0. The van der Waals surface area contributed by atoms with Crippen LogP contribution in [-0.4, -0.2) is 37.7 Å². The lowest BCUT2D eigenvalue weighted by Crippen LogP contribution is -2.46. The largest absolute Gasteiger partial charge is 0.355 e. The maximum atomic E-state index is 4.22. The quantitative estimate of drug-likeness (QED) is 0.299. The summed E-state index contributed by atoms with van der Waals surface area (Å²) in [5.74, 6) is 0.898. The Morgan fingerprint density at radius 3 is 2.41 bits per heavy atom. The molecule has 4 heteroatoms. The molecular formula is C13H26N4. The van der Waals surface area contributed by atoms with Gasteiger partial charge in [-0.2, -0.15) is 0 Å². The number of guanidine groups is 1. The van der Waals surface area contributed by atoms with Crippen molar-refractivity contribution < 1.29 is 0 Å². The van der Waals surface area contributed by atoms with E-state index in [-0.39, 0.29) is 5.54 Å². The zero-order chi connectivity index (χ0) is 12.7. The van der Waals surface area contributed by atoms with E-state index in [4.69, 9.17) is 0 Å². The van der Waals surface area contributed by atoms with Crippen LogP contribution in [0.5, 0.6) is 0 Å². The van der Waals surface area contributed by atoms with Gasteiger partial charge in [-0.1, -0.05) is 12.2 Å². The number of nitrogens with one attached hydrogen (secondary N) is 3. The molecule has 0 atom stereocenters. The van der Waals surface area contributed by atoms with Crippen LogP contribution in [0.4, 0.5) is 0 Å². The summed E-state index contributed by atoms with van der Waals surface area (Å²) < 4.78 is 0. The molecule has 0 heterocycles. The van der Waals surface area contributed by atoms with Crippen molar-refractivity contribution in [1.82, 2.24) is 16.0 Å². The van der Waals surface area contributed by atoms with Gasteiger partial charge in [-0.05, 0) is 33.6 Å². The highest BCUT2D eigenvalue weighted by Crippen LogP contribution is 2.08. The van der Waals surface area contributed by atoms with Crippen molar-refractivity contribution in [2.75, 3.05) is 20.1 Å². The molecule has 0 saturated heterocycles. The van der Waals surface area contributed by atoms with Crippen molar-refractivity contribution in [3.63, 3.8) is 0 Å². The summed E-state index contributed by atoms with van der Waals surface area (Å²) in [5, 5.41) is 10.2. The number of hydrogen-bond acceptors (Lipinski definition) is 2. The van der Waals surface area contributed by atoms with Crippen molar-refractivity contribution in [1.29, 1.82) is 0 Å². The first-order valence-electron chi connectivity index (χ1n) is 6.38. The second kappa shape index (κ2) is 6.64. The van der Waals surface area contributed by atoms with Gasteiger partial charge in [0.2, 0.25) is 0 Å². The first kappa shape index (κ1) is 14.0. The molecule has 0 fully saturated rings. The summed E-state index contributed by atoms with van der Waals surface area (Å²) in [6, 6.07) is 0.511. The Hall–Kier alpha value is -1.03. The molecule has 98 valence electrons. The number of nitrogens with zero attached hydrogens (tertiary/aromatic N) is 1. The highest BCUT2D eigenvalue weighted by molar-refractivity contribution is 5.80. The molecular weight excluding hydrogens is 212 g/mol. The molecule has 0 unspecified atom stereocenters. The maximum Gasteiger partial charge on any atom is 0.191 e. The van der Waals surface area contributed by atoms with Crippen LogP contribution in [0.1, 0.15) is 33.6 Å². The van der Waals surface area contributed by atoms with E-state index >= 15 is 0 Å². The van der Waals surface area contributed by atoms with E-state index in [9.17, 15) is 0 Å². The van der Waals surface area contributed by atoms with Gasteiger partial charge in [0.05, 0.1) is 0 Å². The van der Waals surface area contributed by atoms with Gasteiger partial charge in [-0.25, -0.2) is 0 Å². The van der Waals surface area contributed by atoms with Crippen molar-refractivity contribution in [2.24, 2.45) is 4.99 Å². The summed E-state index contributed by atoms with van der Waals surface area (Å²) in [7, 11) is 1.81. The zero-order valence-electron chi connectivity index (χ0n) is 11.5. The van der Waals surface area contributed by atoms with E-state index in [1.165, 1.54) is 0 Å². The van der Waals surface area contributed by atoms with Crippen LogP contribution in [0.15, 0.2) is 17.1 Å². The maximum absolute atomic E-state index is 4.22. The lowest BCUT2D eigenvalue weighted by Gasteiger charge is -2.22. The van der Waals surface area contributed by atoms with Gasteiger partial charge < -0.3 is 16.0 Å². The van der Waals surface area contributed by atoms with Gasteiger partial charge in [0.1, 0.15) is 0 Å². The summed E-state index contributed by atoms with van der Waals surface area (Å²) in [6.07, 6.45) is 6.63. The third kappa shape index (κ3) is 6.31. The fraction of sp³-hybridized carbons (Fsp3) is 0.769. The molecule has 0 radical (unpaired) electrons. The minimum absolute atomic E-state index is 0.175. The Balaban J connectivity index is 2.15. The second-order valence-corrected chi connectivity index (χ2v) is 5.46. The van der Waals surface area contributed by atoms with E-state index in [0.717, 1.165) is 31.9 Å². The molecule has 4 nitrogen and oxygen atoms in total. The SMILES string of the molecule is CN=C(NCCNC(C)(C)C)NC1CC=CC1. The van der Waals surface area contributed by atoms with E-state index in [1.54, 1.807) is 0 Å². The smallest absolute Gasteiger partial charge is 0.191 e. The molecule has 0 aliphatic heterocycles. The van der Waals surface area contributed by atoms with Crippen molar-refractivity contribution >= 4 is 5.96 Å². The molecule has 1 aliphatic carbocycles. The summed E-state index contributed by atoms with van der Waals surface area (Å²) in [6.45, 7) is 8.34. The van der Waals surface area contributed by atoms with Crippen LogP contribution >= 0.6 is 0 Å². The molecule has 0 saturated carbocycles. The van der Waals surface area contributed by atoms with Gasteiger partial charge in [-0.3, -0.25) is 4.99 Å². The molecule has 0 bridgehead atoms. The summed E-state index contributed by atoms with van der Waals surface area (Å²) in [5.41, 5.74) is 0.175. The van der Waals surface area contributed by atoms with E-state index in [0.29, 0.717) is 6.04 Å². The summed E-state index contributed by atoms with van der Waals surface area (Å²) in [4.78, 5) is 4.22. The Bertz CT molecular complexity index is 268. The highest BCUT2D eigenvalue weighted by Gasteiger charge is 2.11. The van der Waals surface area contributed by atoms with Gasteiger partial charge in [-0.15, -0.1) is 0 Å². The number of hydrogen-bond donors (Lipinski definition) is 3. The highest BCUT2D eigenvalue weighted by atomic mass is 15.2. The number of aliphatic imine (C=N–C) groups is 1. The molecule has 0 spiro atoms. The second-order valence-electron chi connectivity index (χ2n) is 5.46. The minimum atomic E-state index is 0.175. The van der Waals surface area contributed by atoms with Crippen LogP contribution < -0.4 is 16.0 Å². The molecule has 0 aromatic heterocycles. The van der Waals surface area contributed by atoms with Gasteiger partial charge in [0.25, 0.3) is 0 Å². The predicted molar refractivity (Wildman–Crippen MR) is 74.4 cm³/mol. The topological polar surface area (TPSA) is 48.5 Å². The van der Waals surface area contributed by atoms with Crippen LogP contribution in [0, 0.1) is 0 Å².